The molecule has 1 aliphatic rings. The number of aromatic amines is 1. The lowest BCUT2D eigenvalue weighted by Crippen LogP contribution is -2.41. The number of aromatic nitrogens is 3. The minimum Gasteiger partial charge on any atom is -0.398 e. The Morgan fingerprint density at radius 1 is 1.23 bits per heavy atom. The molecule has 2 aromatic rings. The van der Waals surface area contributed by atoms with Gasteiger partial charge in [-0.2, -0.15) is 5.10 Å². The molecule has 0 spiro atoms. The molecule has 1 saturated heterocycles. The van der Waals surface area contributed by atoms with E-state index in [4.69, 9.17) is 9.31 Å². The lowest BCUT2D eigenvalue weighted by atomic mass is 9.85. The standard InChI is InChI=1S/C19H25BFN3O2/c1-12(2)16-14(17(24-23-16)13-8-7-9-22-11-13)10-15(21)20-25-18(3,4)19(5,6)26-20/h7-12H,1-6H3,(H,23,24). The minimum absolute atomic E-state index is 0.158. The summed E-state index contributed by atoms with van der Waals surface area (Å²) in [5, 5.41) is 7.42. The Bertz CT molecular complexity index is 799. The van der Waals surface area contributed by atoms with E-state index in [1.54, 1.807) is 12.4 Å². The van der Waals surface area contributed by atoms with Crippen LogP contribution in [0.25, 0.3) is 17.3 Å². The molecule has 1 fully saturated rings. The van der Waals surface area contributed by atoms with Gasteiger partial charge in [0.05, 0.1) is 11.2 Å². The van der Waals surface area contributed by atoms with E-state index < -0.39 is 24.0 Å². The Kier molecular flexibility index (Phi) is 4.79. The maximum Gasteiger partial charge on any atom is 0.525 e. The van der Waals surface area contributed by atoms with E-state index in [1.807, 2.05) is 53.7 Å². The monoisotopic (exact) mass is 357 g/mol. The van der Waals surface area contributed by atoms with Crippen LogP contribution >= 0.6 is 0 Å². The number of hydrogen-bond donors (Lipinski definition) is 1. The highest BCUT2D eigenvalue weighted by Gasteiger charge is 2.53. The molecule has 0 saturated carbocycles. The van der Waals surface area contributed by atoms with Gasteiger partial charge in [-0.25, -0.2) is 4.39 Å². The molecule has 0 unspecified atom stereocenters. The van der Waals surface area contributed by atoms with Crippen molar-refractivity contribution >= 4 is 13.2 Å². The molecule has 138 valence electrons. The van der Waals surface area contributed by atoms with Crippen molar-refractivity contribution in [1.29, 1.82) is 0 Å². The molecule has 0 aliphatic carbocycles. The average molecular weight is 357 g/mol. The van der Waals surface area contributed by atoms with Crippen molar-refractivity contribution in [2.75, 3.05) is 0 Å². The summed E-state index contributed by atoms with van der Waals surface area (Å²) in [6, 6.07) is 3.73. The molecule has 3 heterocycles. The Balaban J connectivity index is 2.01. The second-order valence-electron chi connectivity index (χ2n) is 7.91. The summed E-state index contributed by atoms with van der Waals surface area (Å²) >= 11 is 0. The zero-order valence-corrected chi connectivity index (χ0v) is 16.1. The molecule has 0 amide bonds. The number of rotatable bonds is 4. The van der Waals surface area contributed by atoms with Crippen LogP contribution in [-0.4, -0.2) is 33.5 Å². The lowest BCUT2D eigenvalue weighted by Gasteiger charge is -2.32. The van der Waals surface area contributed by atoms with Gasteiger partial charge in [-0.1, -0.05) is 13.8 Å². The summed E-state index contributed by atoms with van der Waals surface area (Å²) < 4.78 is 26.7. The SMILES string of the molecule is CC(C)c1[nH]nc(-c2cccnc2)c1C=C(F)B1OC(C)(C)C(C)(C)O1. The smallest absolute Gasteiger partial charge is 0.398 e. The second-order valence-corrected chi connectivity index (χ2v) is 7.91. The Morgan fingerprint density at radius 3 is 2.42 bits per heavy atom. The third-order valence-electron chi connectivity index (χ3n) is 5.11. The van der Waals surface area contributed by atoms with Crippen molar-refractivity contribution in [1.82, 2.24) is 15.2 Å². The fourth-order valence-corrected chi connectivity index (χ4v) is 2.83. The van der Waals surface area contributed by atoms with Crippen LogP contribution in [0.4, 0.5) is 4.39 Å². The van der Waals surface area contributed by atoms with E-state index in [0.29, 0.717) is 11.3 Å². The third kappa shape index (κ3) is 3.33. The van der Waals surface area contributed by atoms with Gasteiger partial charge in [-0.15, -0.1) is 0 Å². The molecule has 0 aromatic carbocycles. The van der Waals surface area contributed by atoms with E-state index in [0.717, 1.165) is 11.3 Å². The summed E-state index contributed by atoms with van der Waals surface area (Å²) in [6.07, 6.45) is 4.87. The number of nitrogens with zero attached hydrogens (tertiary/aromatic N) is 2. The van der Waals surface area contributed by atoms with Crippen LogP contribution in [0.2, 0.25) is 0 Å². The Labute approximate surface area is 154 Å². The summed E-state index contributed by atoms with van der Waals surface area (Å²) in [5.41, 5.74) is 1.38. The first-order chi connectivity index (χ1) is 12.1. The number of nitrogens with one attached hydrogen (secondary N) is 1. The van der Waals surface area contributed by atoms with Gasteiger partial charge >= 0.3 is 7.12 Å². The van der Waals surface area contributed by atoms with Crippen molar-refractivity contribution in [3.05, 3.63) is 41.5 Å². The van der Waals surface area contributed by atoms with Crippen molar-refractivity contribution in [3.8, 4) is 11.3 Å². The topological polar surface area (TPSA) is 60.0 Å². The van der Waals surface area contributed by atoms with Crippen molar-refractivity contribution in [2.24, 2.45) is 0 Å². The average Bonchev–Trinajstić information content (AvgIpc) is 3.07. The predicted molar refractivity (Wildman–Crippen MR) is 101 cm³/mol. The summed E-state index contributed by atoms with van der Waals surface area (Å²) in [7, 11) is -1.03. The highest BCUT2D eigenvalue weighted by Crippen LogP contribution is 2.39. The molecule has 26 heavy (non-hydrogen) atoms. The minimum atomic E-state index is -1.03. The molecule has 1 N–H and O–H groups in total. The van der Waals surface area contributed by atoms with Crippen LogP contribution in [0.15, 0.2) is 30.3 Å². The first-order valence-corrected chi connectivity index (χ1v) is 8.84. The van der Waals surface area contributed by atoms with Gasteiger partial charge in [0.15, 0.2) is 0 Å². The molecular weight excluding hydrogens is 332 g/mol. The summed E-state index contributed by atoms with van der Waals surface area (Å²) in [4.78, 5) is 4.13. The van der Waals surface area contributed by atoms with Crippen LogP contribution in [0.3, 0.4) is 0 Å². The van der Waals surface area contributed by atoms with Gasteiger partial charge in [0.1, 0.15) is 11.4 Å². The third-order valence-corrected chi connectivity index (χ3v) is 5.11. The first-order valence-electron chi connectivity index (χ1n) is 8.84. The van der Waals surface area contributed by atoms with Gasteiger partial charge in [-0.3, -0.25) is 10.1 Å². The molecule has 2 aromatic heterocycles. The van der Waals surface area contributed by atoms with Crippen LogP contribution in [0, 0.1) is 0 Å². The second kappa shape index (κ2) is 6.63. The maximum atomic E-state index is 15.1. The number of hydrogen-bond acceptors (Lipinski definition) is 4. The van der Waals surface area contributed by atoms with Crippen molar-refractivity contribution in [2.45, 2.75) is 58.7 Å². The van der Waals surface area contributed by atoms with Gasteiger partial charge in [0.2, 0.25) is 0 Å². The predicted octanol–water partition coefficient (Wildman–Crippen LogP) is 4.54. The molecule has 0 radical (unpaired) electrons. The van der Waals surface area contributed by atoms with E-state index in [-0.39, 0.29) is 5.92 Å². The fraction of sp³-hybridized carbons (Fsp3) is 0.474. The van der Waals surface area contributed by atoms with E-state index >= 15 is 4.39 Å². The van der Waals surface area contributed by atoms with Crippen molar-refractivity contribution in [3.63, 3.8) is 0 Å². The highest BCUT2D eigenvalue weighted by atomic mass is 19.1. The fourth-order valence-electron chi connectivity index (χ4n) is 2.83. The zero-order chi connectivity index (χ0) is 19.1. The van der Waals surface area contributed by atoms with Crippen LogP contribution in [0.5, 0.6) is 0 Å². The van der Waals surface area contributed by atoms with Crippen LogP contribution in [-0.2, 0) is 9.31 Å². The molecule has 1 aliphatic heterocycles. The largest absolute Gasteiger partial charge is 0.525 e. The molecule has 5 nitrogen and oxygen atoms in total. The van der Waals surface area contributed by atoms with Crippen LogP contribution < -0.4 is 0 Å². The molecule has 3 rings (SSSR count). The highest BCUT2D eigenvalue weighted by molar-refractivity contribution is 6.54. The van der Waals surface area contributed by atoms with Crippen LogP contribution in [0.1, 0.15) is 58.7 Å². The molecule has 0 bridgehead atoms. The quantitative estimate of drug-likeness (QED) is 0.817. The van der Waals surface area contributed by atoms with E-state index in [2.05, 4.69) is 15.2 Å². The van der Waals surface area contributed by atoms with Gasteiger partial charge in [0, 0.05) is 29.2 Å². The first kappa shape index (κ1) is 18.8. The molecule has 0 atom stereocenters. The normalized spacial score (nSPS) is 19.4. The number of halogens is 1. The summed E-state index contributed by atoms with van der Waals surface area (Å²) in [5.74, 6) is 0.158. The maximum absolute atomic E-state index is 15.1. The summed E-state index contributed by atoms with van der Waals surface area (Å²) in [6.45, 7) is 11.7. The lowest BCUT2D eigenvalue weighted by molar-refractivity contribution is 0.00578. The zero-order valence-electron chi connectivity index (χ0n) is 16.1. The van der Waals surface area contributed by atoms with Gasteiger partial charge in [0.25, 0.3) is 0 Å². The number of pyridine rings is 1. The number of H-pyrrole nitrogens is 1. The van der Waals surface area contributed by atoms with Gasteiger partial charge < -0.3 is 9.31 Å². The molecular formula is C19H25BFN3O2. The Morgan fingerprint density at radius 2 is 1.88 bits per heavy atom. The van der Waals surface area contributed by atoms with Crippen molar-refractivity contribution < 1.29 is 13.7 Å². The molecule has 7 heteroatoms. The Hall–Kier alpha value is -1.99. The van der Waals surface area contributed by atoms with E-state index in [1.165, 1.54) is 6.08 Å². The van der Waals surface area contributed by atoms with Gasteiger partial charge in [-0.05, 0) is 51.8 Å². The van der Waals surface area contributed by atoms with E-state index in [9.17, 15) is 0 Å².